The zero-order valence-electron chi connectivity index (χ0n) is 13.5. The van der Waals surface area contributed by atoms with Crippen LogP contribution in [0.25, 0.3) is 26.4 Å². The summed E-state index contributed by atoms with van der Waals surface area (Å²) in [4.78, 5) is 0.575. The van der Waals surface area contributed by atoms with E-state index in [1.54, 1.807) is 10.6 Å². The van der Waals surface area contributed by atoms with Gasteiger partial charge in [0.2, 0.25) is 4.96 Å². The molecule has 2 N–H and O–H groups in total. The number of hydrogen-bond acceptors (Lipinski definition) is 6. The number of hydrogen-bond donors (Lipinski definition) is 2. The van der Waals surface area contributed by atoms with Crippen LogP contribution in [-0.4, -0.2) is 35.1 Å². The maximum Gasteiger partial charge on any atom is 0.234 e. The maximum atomic E-state index is 13.2. The van der Waals surface area contributed by atoms with Gasteiger partial charge < -0.3 is 5.11 Å². The second kappa shape index (κ2) is 6.00. The van der Waals surface area contributed by atoms with Crippen LogP contribution in [0.5, 0.6) is 5.75 Å². The van der Waals surface area contributed by atoms with Gasteiger partial charge in [0, 0.05) is 16.5 Å². The van der Waals surface area contributed by atoms with E-state index in [-0.39, 0.29) is 5.75 Å². The summed E-state index contributed by atoms with van der Waals surface area (Å²) >= 11 is 7.34. The van der Waals surface area contributed by atoms with Crippen LogP contribution in [0.15, 0.2) is 36.4 Å². The third-order valence-corrected chi connectivity index (χ3v) is 5.34. The second-order valence-electron chi connectivity index (χ2n) is 5.92. The largest absolute Gasteiger partial charge is 0.507 e. The quantitative estimate of drug-likeness (QED) is 0.480. The van der Waals surface area contributed by atoms with Crippen molar-refractivity contribution in [3.63, 3.8) is 0 Å². The third kappa shape index (κ3) is 2.71. The molecular weight excluding hydrogens is 391 g/mol. The van der Waals surface area contributed by atoms with Gasteiger partial charge in [-0.3, -0.25) is 5.10 Å². The fourth-order valence-corrected chi connectivity index (χ4v) is 3.95. The first-order valence-electron chi connectivity index (χ1n) is 7.91. The molecule has 0 bridgehead atoms. The Morgan fingerprint density at radius 3 is 2.93 bits per heavy atom. The molecule has 5 aromatic rings. The smallest absolute Gasteiger partial charge is 0.234 e. The van der Waals surface area contributed by atoms with E-state index in [0.29, 0.717) is 32.8 Å². The lowest BCUT2D eigenvalue weighted by atomic mass is 10.1. The number of H-pyrrole nitrogens is 1. The zero-order chi connectivity index (χ0) is 18.5. The van der Waals surface area contributed by atoms with Crippen LogP contribution in [-0.2, 0) is 6.42 Å². The van der Waals surface area contributed by atoms with Gasteiger partial charge in [0.15, 0.2) is 10.8 Å². The van der Waals surface area contributed by atoms with Crippen molar-refractivity contribution in [2.24, 2.45) is 0 Å². The molecule has 3 heterocycles. The van der Waals surface area contributed by atoms with Crippen LogP contribution in [0.3, 0.4) is 0 Å². The minimum Gasteiger partial charge on any atom is -0.507 e. The summed E-state index contributed by atoms with van der Waals surface area (Å²) in [5, 5.41) is 32.1. The summed E-state index contributed by atoms with van der Waals surface area (Å²) in [5.41, 5.74) is 2.10. The van der Waals surface area contributed by atoms with Crippen LogP contribution >= 0.6 is 22.9 Å². The molecule has 0 amide bonds. The first-order valence-corrected chi connectivity index (χ1v) is 9.10. The minimum atomic E-state index is -0.510. The van der Waals surface area contributed by atoms with E-state index in [1.165, 1.54) is 23.5 Å². The van der Waals surface area contributed by atoms with E-state index in [2.05, 4.69) is 25.5 Å². The molecule has 5 rings (SSSR count). The van der Waals surface area contributed by atoms with Crippen LogP contribution in [0, 0.1) is 5.82 Å². The number of nitrogens with zero attached hydrogens (tertiary/aromatic N) is 5. The highest BCUT2D eigenvalue weighted by atomic mass is 35.5. The lowest BCUT2D eigenvalue weighted by molar-refractivity contribution is 0.471. The Bertz CT molecular complexity index is 1310. The van der Waals surface area contributed by atoms with Crippen molar-refractivity contribution in [3.05, 3.63) is 58.8 Å². The van der Waals surface area contributed by atoms with Crippen molar-refractivity contribution in [2.75, 3.05) is 0 Å². The highest BCUT2D eigenvalue weighted by Crippen LogP contribution is 2.33. The van der Waals surface area contributed by atoms with Crippen LogP contribution < -0.4 is 0 Å². The second-order valence-corrected chi connectivity index (χ2v) is 7.31. The Morgan fingerprint density at radius 1 is 1.19 bits per heavy atom. The summed E-state index contributed by atoms with van der Waals surface area (Å²) in [6, 6.07) is 9.29. The van der Waals surface area contributed by atoms with Gasteiger partial charge in [-0.1, -0.05) is 22.9 Å². The molecule has 27 heavy (non-hydrogen) atoms. The Morgan fingerprint density at radius 2 is 2.07 bits per heavy atom. The van der Waals surface area contributed by atoms with Gasteiger partial charge in [-0.05, 0) is 30.3 Å². The molecule has 0 radical (unpaired) electrons. The lowest BCUT2D eigenvalue weighted by Gasteiger charge is -2.00. The first kappa shape index (κ1) is 16.2. The summed E-state index contributed by atoms with van der Waals surface area (Å²) in [6.45, 7) is 0. The number of halogens is 2. The van der Waals surface area contributed by atoms with Crippen LogP contribution in [0.2, 0.25) is 5.02 Å². The molecule has 0 saturated heterocycles. The van der Waals surface area contributed by atoms with Gasteiger partial charge in [0.1, 0.15) is 11.6 Å². The summed E-state index contributed by atoms with van der Waals surface area (Å²) in [6.07, 6.45) is 0.427. The average molecular weight is 401 g/mol. The third-order valence-electron chi connectivity index (χ3n) is 4.18. The molecule has 0 saturated carbocycles. The highest BCUT2D eigenvalue weighted by molar-refractivity contribution is 7.19. The molecule has 2 aromatic carbocycles. The molecule has 0 unspecified atom stereocenters. The van der Waals surface area contributed by atoms with Crippen molar-refractivity contribution in [1.29, 1.82) is 0 Å². The SMILES string of the molecule is Oc1cc(F)ccc1-c1nn2c(Cc3[nH]nc4ccc(Cl)cc34)nnc2s1. The Labute approximate surface area is 160 Å². The molecule has 0 fully saturated rings. The fourth-order valence-electron chi connectivity index (χ4n) is 2.89. The van der Waals surface area contributed by atoms with Crippen molar-refractivity contribution in [2.45, 2.75) is 6.42 Å². The van der Waals surface area contributed by atoms with Crippen molar-refractivity contribution < 1.29 is 9.50 Å². The Kier molecular flexibility index (Phi) is 3.59. The number of fused-ring (bicyclic) bond motifs is 2. The topological polar surface area (TPSA) is 92.0 Å². The van der Waals surface area contributed by atoms with Crippen molar-refractivity contribution >= 4 is 38.8 Å². The predicted molar refractivity (Wildman–Crippen MR) is 99.6 cm³/mol. The van der Waals surface area contributed by atoms with Gasteiger partial charge in [-0.2, -0.15) is 14.7 Å². The number of phenols is 1. The van der Waals surface area contributed by atoms with E-state index in [9.17, 15) is 9.50 Å². The molecule has 7 nitrogen and oxygen atoms in total. The van der Waals surface area contributed by atoms with E-state index in [4.69, 9.17) is 11.6 Å². The molecule has 10 heteroatoms. The normalized spacial score (nSPS) is 11.6. The number of phenolic OH excluding ortho intramolecular Hbond substituents is 1. The van der Waals surface area contributed by atoms with Gasteiger partial charge in [-0.15, -0.1) is 10.2 Å². The molecule has 0 aliphatic rings. The number of benzene rings is 2. The molecule has 0 spiro atoms. The van der Waals surface area contributed by atoms with Gasteiger partial charge >= 0.3 is 0 Å². The van der Waals surface area contributed by atoms with Gasteiger partial charge in [0.05, 0.1) is 23.2 Å². The first-order chi connectivity index (χ1) is 13.1. The minimum absolute atomic E-state index is 0.171. The van der Waals surface area contributed by atoms with Crippen molar-refractivity contribution in [1.82, 2.24) is 30.0 Å². The number of nitrogens with one attached hydrogen (secondary N) is 1. The van der Waals surface area contributed by atoms with Crippen molar-refractivity contribution in [3.8, 4) is 16.3 Å². The van der Waals surface area contributed by atoms with E-state index in [1.807, 2.05) is 12.1 Å². The molecule has 0 aliphatic heterocycles. The monoisotopic (exact) mass is 400 g/mol. The van der Waals surface area contributed by atoms with E-state index >= 15 is 0 Å². The number of aromatic hydroxyl groups is 1. The molecule has 134 valence electrons. The summed E-state index contributed by atoms with van der Waals surface area (Å²) in [5.74, 6) is -0.0694. The fraction of sp³-hybridized carbons (Fsp3) is 0.0588. The molecule has 0 atom stereocenters. The summed E-state index contributed by atoms with van der Waals surface area (Å²) < 4.78 is 14.8. The van der Waals surface area contributed by atoms with Crippen LogP contribution in [0.4, 0.5) is 4.39 Å². The maximum absolute atomic E-state index is 13.2. The van der Waals surface area contributed by atoms with E-state index in [0.717, 1.165) is 22.7 Å². The molecule has 0 aliphatic carbocycles. The Balaban J connectivity index is 1.56. The Hall–Kier alpha value is -3.04. The number of aromatic amines is 1. The summed E-state index contributed by atoms with van der Waals surface area (Å²) in [7, 11) is 0. The predicted octanol–water partition coefficient (Wildman–Crippen LogP) is 3.82. The standard InChI is InChI=1S/C17H10ClFN6OS/c18-8-1-4-12-11(5-8)13(21-20-12)7-15-22-23-17-25(15)24-16(27-17)10-3-2-9(19)6-14(10)26/h1-6,26H,7H2,(H,20,21). The average Bonchev–Trinajstić information content (AvgIpc) is 3.31. The number of rotatable bonds is 3. The number of aromatic nitrogens is 6. The highest BCUT2D eigenvalue weighted by Gasteiger charge is 2.17. The molecular formula is C17H10ClFN6OS. The lowest BCUT2D eigenvalue weighted by Crippen LogP contribution is -1.98. The molecule has 3 aromatic heterocycles. The van der Waals surface area contributed by atoms with E-state index < -0.39 is 5.82 Å². The zero-order valence-corrected chi connectivity index (χ0v) is 15.1. The van der Waals surface area contributed by atoms with Crippen LogP contribution in [0.1, 0.15) is 11.5 Å². The van der Waals surface area contributed by atoms with Gasteiger partial charge in [-0.25, -0.2) is 4.39 Å². The van der Waals surface area contributed by atoms with Gasteiger partial charge in [0.25, 0.3) is 0 Å².